The summed E-state index contributed by atoms with van der Waals surface area (Å²) < 4.78 is 0. The second-order valence-corrected chi connectivity index (χ2v) is 8.49. The molecule has 1 aliphatic rings. The van der Waals surface area contributed by atoms with Crippen LogP contribution < -0.4 is 0 Å². The number of carbonyl (C=O) groups is 2. The molecule has 3 rings (SSSR count). The van der Waals surface area contributed by atoms with Crippen LogP contribution in [0.4, 0.5) is 0 Å². The molecule has 4 nitrogen and oxygen atoms in total. The first kappa shape index (κ1) is 20.7. The van der Waals surface area contributed by atoms with Crippen molar-refractivity contribution in [2.24, 2.45) is 0 Å². The van der Waals surface area contributed by atoms with E-state index in [1.807, 2.05) is 65.3 Å². The second-order valence-electron chi connectivity index (χ2n) is 7.00. The van der Waals surface area contributed by atoms with E-state index in [1.165, 1.54) is 17.3 Å². The van der Waals surface area contributed by atoms with Gasteiger partial charge in [-0.25, -0.2) is 0 Å². The van der Waals surface area contributed by atoms with Gasteiger partial charge in [-0.05, 0) is 42.7 Å². The molecule has 0 unspecified atom stereocenters. The Bertz CT molecular complexity index is 800. The molecule has 0 saturated carbocycles. The van der Waals surface area contributed by atoms with E-state index < -0.39 is 0 Å². The SMILES string of the molecule is Cc1cc(Cl)cc(SCC(=O)N2CCN(C(=O)CCc3ccccc3)CC2)c1. The first-order chi connectivity index (χ1) is 13.5. The van der Waals surface area contributed by atoms with Gasteiger partial charge in [-0.1, -0.05) is 41.9 Å². The smallest absolute Gasteiger partial charge is 0.233 e. The van der Waals surface area contributed by atoms with Gasteiger partial charge in [0.25, 0.3) is 0 Å². The van der Waals surface area contributed by atoms with Crippen LogP contribution in [0.3, 0.4) is 0 Å². The lowest BCUT2D eigenvalue weighted by molar-refractivity contribution is -0.138. The second kappa shape index (κ2) is 9.99. The predicted molar refractivity (Wildman–Crippen MR) is 115 cm³/mol. The van der Waals surface area contributed by atoms with E-state index in [9.17, 15) is 9.59 Å². The number of piperazine rings is 1. The van der Waals surface area contributed by atoms with Crippen LogP contribution in [-0.2, 0) is 16.0 Å². The van der Waals surface area contributed by atoms with Gasteiger partial charge in [0, 0.05) is 42.5 Å². The highest BCUT2D eigenvalue weighted by molar-refractivity contribution is 8.00. The Morgan fingerprint density at radius 2 is 1.61 bits per heavy atom. The van der Waals surface area contributed by atoms with Gasteiger partial charge in [0.1, 0.15) is 0 Å². The van der Waals surface area contributed by atoms with E-state index >= 15 is 0 Å². The third-order valence-corrected chi connectivity index (χ3v) is 6.01. The molecule has 28 heavy (non-hydrogen) atoms. The van der Waals surface area contributed by atoms with Crippen molar-refractivity contribution in [3.05, 3.63) is 64.7 Å². The standard InChI is InChI=1S/C22H25ClN2O2S/c1-17-13-19(23)15-20(14-17)28-16-22(27)25-11-9-24(10-12-25)21(26)8-7-18-5-3-2-4-6-18/h2-6,13-15H,7-12,16H2,1H3. The number of rotatable bonds is 6. The number of halogens is 1. The monoisotopic (exact) mass is 416 g/mol. The quantitative estimate of drug-likeness (QED) is 0.667. The maximum atomic E-state index is 12.5. The predicted octanol–water partition coefficient (Wildman–Crippen LogP) is 4.04. The van der Waals surface area contributed by atoms with Crippen LogP contribution in [0.25, 0.3) is 0 Å². The molecule has 6 heteroatoms. The summed E-state index contributed by atoms with van der Waals surface area (Å²) in [6, 6.07) is 15.9. The average molecular weight is 417 g/mol. The van der Waals surface area contributed by atoms with Crippen LogP contribution in [0, 0.1) is 6.92 Å². The zero-order valence-electron chi connectivity index (χ0n) is 16.1. The van der Waals surface area contributed by atoms with E-state index in [2.05, 4.69) is 0 Å². The van der Waals surface area contributed by atoms with Gasteiger partial charge < -0.3 is 9.80 Å². The summed E-state index contributed by atoms with van der Waals surface area (Å²) in [6.45, 7) is 4.42. The van der Waals surface area contributed by atoms with Crippen molar-refractivity contribution < 1.29 is 9.59 Å². The number of hydrogen-bond acceptors (Lipinski definition) is 3. The molecule has 1 heterocycles. The first-order valence-electron chi connectivity index (χ1n) is 9.51. The zero-order chi connectivity index (χ0) is 19.9. The van der Waals surface area contributed by atoms with Gasteiger partial charge in [-0.3, -0.25) is 9.59 Å². The summed E-state index contributed by atoms with van der Waals surface area (Å²) >= 11 is 7.59. The van der Waals surface area contributed by atoms with Gasteiger partial charge in [-0.15, -0.1) is 11.8 Å². The Hall–Kier alpha value is -1.98. The minimum Gasteiger partial charge on any atom is -0.339 e. The first-order valence-corrected chi connectivity index (χ1v) is 10.9. The number of nitrogens with zero attached hydrogens (tertiary/aromatic N) is 2. The molecule has 0 N–H and O–H groups in total. The highest BCUT2D eigenvalue weighted by atomic mass is 35.5. The summed E-state index contributed by atoms with van der Waals surface area (Å²) in [5, 5.41) is 0.692. The van der Waals surface area contributed by atoms with Gasteiger partial charge in [-0.2, -0.15) is 0 Å². The summed E-state index contributed by atoms with van der Waals surface area (Å²) in [7, 11) is 0. The van der Waals surface area contributed by atoms with Gasteiger partial charge >= 0.3 is 0 Å². The van der Waals surface area contributed by atoms with Crippen LogP contribution in [0.5, 0.6) is 0 Å². The summed E-state index contributed by atoms with van der Waals surface area (Å²) in [6.07, 6.45) is 1.27. The maximum absolute atomic E-state index is 12.5. The lowest BCUT2D eigenvalue weighted by Gasteiger charge is -2.35. The van der Waals surface area contributed by atoms with Crippen LogP contribution in [0.1, 0.15) is 17.5 Å². The molecule has 2 amide bonds. The Morgan fingerprint density at radius 3 is 2.25 bits per heavy atom. The summed E-state index contributed by atoms with van der Waals surface area (Å²) in [5.41, 5.74) is 2.27. The van der Waals surface area contributed by atoms with Gasteiger partial charge in [0.15, 0.2) is 0 Å². The molecule has 0 bridgehead atoms. The minimum absolute atomic E-state index is 0.110. The average Bonchev–Trinajstić information content (AvgIpc) is 2.70. The molecule has 1 saturated heterocycles. The molecule has 0 spiro atoms. The number of benzene rings is 2. The van der Waals surface area contributed by atoms with Crippen molar-refractivity contribution in [2.75, 3.05) is 31.9 Å². The number of thioether (sulfide) groups is 1. The van der Waals surface area contributed by atoms with Crippen molar-refractivity contribution in [3.8, 4) is 0 Å². The molecule has 1 aliphatic heterocycles. The van der Waals surface area contributed by atoms with Gasteiger partial charge in [0.05, 0.1) is 5.75 Å². The van der Waals surface area contributed by atoms with E-state index in [4.69, 9.17) is 11.6 Å². The molecule has 0 aliphatic carbocycles. The molecule has 0 radical (unpaired) electrons. The Morgan fingerprint density at radius 1 is 0.964 bits per heavy atom. The fourth-order valence-electron chi connectivity index (χ4n) is 3.28. The number of hydrogen-bond donors (Lipinski definition) is 0. The lowest BCUT2D eigenvalue weighted by Crippen LogP contribution is -2.51. The Balaban J connectivity index is 1.41. The maximum Gasteiger partial charge on any atom is 0.233 e. The normalized spacial score (nSPS) is 14.2. The lowest BCUT2D eigenvalue weighted by atomic mass is 10.1. The summed E-state index contributed by atoms with van der Waals surface area (Å²) in [5.74, 6) is 0.667. The molecular weight excluding hydrogens is 392 g/mol. The van der Waals surface area contributed by atoms with Gasteiger partial charge in [0.2, 0.25) is 11.8 Å². The highest BCUT2D eigenvalue weighted by Crippen LogP contribution is 2.24. The van der Waals surface area contributed by atoms with Crippen LogP contribution in [0.15, 0.2) is 53.4 Å². The minimum atomic E-state index is 0.110. The van der Waals surface area contributed by atoms with Crippen molar-refractivity contribution in [2.45, 2.75) is 24.7 Å². The fraction of sp³-hybridized carbons (Fsp3) is 0.364. The largest absolute Gasteiger partial charge is 0.339 e. The van der Waals surface area contributed by atoms with E-state index in [-0.39, 0.29) is 11.8 Å². The van der Waals surface area contributed by atoms with E-state index in [0.717, 1.165) is 16.9 Å². The molecule has 0 aromatic heterocycles. The fourth-order valence-corrected chi connectivity index (χ4v) is 4.59. The molecule has 2 aromatic carbocycles. The van der Waals surface area contributed by atoms with Crippen LogP contribution >= 0.6 is 23.4 Å². The topological polar surface area (TPSA) is 40.6 Å². The van der Waals surface area contributed by atoms with E-state index in [1.54, 1.807) is 0 Å². The zero-order valence-corrected chi connectivity index (χ0v) is 17.6. The van der Waals surface area contributed by atoms with Crippen LogP contribution in [-0.4, -0.2) is 53.5 Å². The molecule has 0 atom stereocenters. The van der Waals surface area contributed by atoms with Crippen LogP contribution in [0.2, 0.25) is 5.02 Å². The number of carbonyl (C=O) groups excluding carboxylic acids is 2. The molecular formula is C22H25ClN2O2S. The molecule has 148 valence electrons. The molecule has 2 aromatic rings. The van der Waals surface area contributed by atoms with Crippen molar-refractivity contribution in [3.63, 3.8) is 0 Å². The van der Waals surface area contributed by atoms with E-state index in [0.29, 0.717) is 43.4 Å². The third kappa shape index (κ3) is 6.01. The van der Waals surface area contributed by atoms with Crippen molar-refractivity contribution >= 4 is 35.2 Å². The highest BCUT2D eigenvalue weighted by Gasteiger charge is 2.23. The third-order valence-electron chi connectivity index (χ3n) is 4.83. The molecule has 1 fully saturated rings. The number of amides is 2. The Labute approximate surface area is 175 Å². The number of aryl methyl sites for hydroxylation is 2. The Kier molecular flexibility index (Phi) is 7.40. The van der Waals surface area contributed by atoms with Crippen molar-refractivity contribution in [1.29, 1.82) is 0 Å². The summed E-state index contributed by atoms with van der Waals surface area (Å²) in [4.78, 5) is 29.7. The van der Waals surface area contributed by atoms with Crippen molar-refractivity contribution in [1.82, 2.24) is 9.80 Å².